The summed E-state index contributed by atoms with van der Waals surface area (Å²) in [6, 6.07) is 8.41. The SMILES string of the molecule is Cc1c(Cl)cccc1NS(=O)(=O)c1ccc(NS(=O)(=O)c2cc(C(F)(F)F)cc(C(F)(F)F)c2)cc1. The minimum atomic E-state index is -5.24. The second-order valence-corrected chi connectivity index (χ2v) is 11.2. The molecular weight excluding hydrogens is 558 g/mol. The maximum atomic E-state index is 13.1. The summed E-state index contributed by atoms with van der Waals surface area (Å²) in [5, 5.41) is 0.309. The van der Waals surface area contributed by atoms with Gasteiger partial charge in [-0.25, -0.2) is 16.8 Å². The largest absolute Gasteiger partial charge is 0.416 e. The average molecular weight is 573 g/mol. The zero-order chi connectivity index (χ0) is 27.1. The molecule has 0 aromatic heterocycles. The molecule has 3 rings (SSSR count). The Bertz CT molecular complexity index is 1470. The van der Waals surface area contributed by atoms with Gasteiger partial charge in [0.1, 0.15) is 0 Å². The van der Waals surface area contributed by atoms with E-state index in [0.717, 1.165) is 24.3 Å². The fraction of sp³-hybridized carbons (Fsp3) is 0.143. The topological polar surface area (TPSA) is 92.3 Å². The number of hydrogen-bond donors (Lipinski definition) is 2. The summed E-state index contributed by atoms with van der Waals surface area (Å²) >= 11 is 5.97. The number of sulfonamides is 2. The van der Waals surface area contributed by atoms with Crippen molar-refractivity contribution in [3.8, 4) is 0 Å². The van der Waals surface area contributed by atoms with Gasteiger partial charge in [0.05, 0.1) is 26.6 Å². The number of alkyl halides is 6. The maximum Gasteiger partial charge on any atom is 0.416 e. The van der Waals surface area contributed by atoms with Crippen molar-refractivity contribution in [2.75, 3.05) is 9.44 Å². The molecule has 0 bridgehead atoms. The molecule has 0 heterocycles. The second-order valence-electron chi connectivity index (χ2n) is 7.39. The Balaban J connectivity index is 1.90. The normalized spacial score (nSPS) is 12.9. The number of nitrogens with one attached hydrogen (secondary N) is 2. The standard InChI is InChI=1S/C21H15ClF6N2O4S2/c1-12-18(22)3-2-4-19(12)30-35(31,32)16-7-5-15(6-8-16)29-36(33,34)17-10-13(20(23,24)25)9-14(11-17)21(26,27)28/h2-11,29-30H,1H3. The predicted molar refractivity (Wildman–Crippen MR) is 121 cm³/mol. The van der Waals surface area contributed by atoms with Crippen LogP contribution in [0, 0.1) is 6.92 Å². The zero-order valence-electron chi connectivity index (χ0n) is 17.9. The number of anilines is 2. The van der Waals surface area contributed by atoms with E-state index in [4.69, 9.17) is 11.6 Å². The van der Waals surface area contributed by atoms with Crippen LogP contribution in [-0.4, -0.2) is 16.8 Å². The lowest BCUT2D eigenvalue weighted by atomic mass is 10.1. The molecule has 0 atom stereocenters. The van der Waals surface area contributed by atoms with Crippen LogP contribution in [0.4, 0.5) is 37.7 Å². The van der Waals surface area contributed by atoms with E-state index in [1.165, 1.54) is 12.1 Å². The minimum absolute atomic E-state index is 0.0631. The molecule has 0 saturated heterocycles. The van der Waals surface area contributed by atoms with Gasteiger partial charge < -0.3 is 0 Å². The summed E-state index contributed by atoms with van der Waals surface area (Å²) in [6.45, 7) is 1.58. The van der Waals surface area contributed by atoms with Gasteiger partial charge in [-0.2, -0.15) is 26.3 Å². The van der Waals surface area contributed by atoms with Crippen molar-refractivity contribution >= 4 is 43.0 Å². The van der Waals surface area contributed by atoms with Gasteiger partial charge >= 0.3 is 12.4 Å². The van der Waals surface area contributed by atoms with Gasteiger partial charge in [-0.1, -0.05) is 17.7 Å². The molecule has 194 valence electrons. The first-order valence-electron chi connectivity index (χ1n) is 9.60. The Morgan fingerprint density at radius 1 is 0.694 bits per heavy atom. The first kappa shape index (κ1) is 27.6. The van der Waals surface area contributed by atoms with Crippen molar-refractivity contribution < 1.29 is 43.2 Å². The highest BCUT2D eigenvalue weighted by atomic mass is 35.5. The molecule has 2 N–H and O–H groups in total. The summed E-state index contributed by atoms with van der Waals surface area (Å²) in [5.41, 5.74) is -3.27. The van der Waals surface area contributed by atoms with Crippen molar-refractivity contribution in [2.24, 2.45) is 0 Å². The van der Waals surface area contributed by atoms with Crippen molar-refractivity contribution in [2.45, 2.75) is 29.1 Å². The molecule has 0 aliphatic heterocycles. The van der Waals surface area contributed by atoms with Crippen molar-refractivity contribution in [1.29, 1.82) is 0 Å². The van der Waals surface area contributed by atoms with Crippen LogP contribution in [0.2, 0.25) is 5.02 Å². The van der Waals surface area contributed by atoms with E-state index in [1.807, 2.05) is 4.72 Å². The van der Waals surface area contributed by atoms with Crippen LogP contribution in [0.1, 0.15) is 16.7 Å². The highest BCUT2D eigenvalue weighted by Crippen LogP contribution is 2.37. The van der Waals surface area contributed by atoms with Crippen molar-refractivity contribution in [1.82, 2.24) is 0 Å². The second kappa shape index (κ2) is 9.48. The molecule has 36 heavy (non-hydrogen) atoms. The first-order chi connectivity index (χ1) is 16.4. The number of hydrogen-bond acceptors (Lipinski definition) is 4. The van der Waals surface area contributed by atoms with Crippen LogP contribution in [-0.2, 0) is 32.4 Å². The molecule has 0 saturated carbocycles. The Hall–Kier alpha value is -2.97. The third-order valence-electron chi connectivity index (χ3n) is 4.80. The molecule has 6 nitrogen and oxygen atoms in total. The Morgan fingerprint density at radius 2 is 1.19 bits per heavy atom. The molecule has 15 heteroatoms. The Labute approximate surface area is 207 Å². The molecule has 0 aliphatic rings. The third kappa shape index (κ3) is 6.23. The van der Waals surface area contributed by atoms with Gasteiger partial charge in [-0.3, -0.25) is 9.44 Å². The van der Waals surface area contributed by atoms with E-state index >= 15 is 0 Å². The van der Waals surface area contributed by atoms with Crippen molar-refractivity contribution in [3.05, 3.63) is 82.4 Å². The lowest BCUT2D eigenvalue weighted by molar-refractivity contribution is -0.143. The number of rotatable bonds is 6. The highest BCUT2D eigenvalue weighted by molar-refractivity contribution is 7.93. The summed E-state index contributed by atoms with van der Waals surface area (Å²) in [5.74, 6) is 0. The van der Waals surface area contributed by atoms with Gasteiger partial charge in [0.2, 0.25) is 0 Å². The molecule has 3 aromatic rings. The molecule has 0 spiro atoms. The molecule has 0 fully saturated rings. The first-order valence-corrected chi connectivity index (χ1v) is 12.9. The molecule has 0 radical (unpaired) electrons. The fourth-order valence-electron chi connectivity index (χ4n) is 2.92. The van der Waals surface area contributed by atoms with Gasteiger partial charge in [0.25, 0.3) is 20.0 Å². The molecule has 0 amide bonds. The quantitative estimate of drug-likeness (QED) is 0.340. The fourth-order valence-corrected chi connectivity index (χ4v) is 5.35. The van der Waals surface area contributed by atoms with E-state index < -0.39 is 48.4 Å². The van der Waals surface area contributed by atoms with Gasteiger partial charge in [0.15, 0.2) is 0 Å². The number of halogens is 7. The van der Waals surface area contributed by atoms with E-state index in [0.29, 0.717) is 10.6 Å². The molecular formula is C21H15ClF6N2O4S2. The maximum absolute atomic E-state index is 13.1. The summed E-state index contributed by atoms with van der Waals surface area (Å²) in [6.07, 6.45) is -10.5. The van der Waals surface area contributed by atoms with Crippen molar-refractivity contribution in [3.63, 3.8) is 0 Å². The van der Waals surface area contributed by atoms with Crippen LogP contribution >= 0.6 is 11.6 Å². The van der Waals surface area contributed by atoms with E-state index in [2.05, 4.69) is 4.72 Å². The van der Waals surface area contributed by atoms with E-state index in [1.54, 1.807) is 13.0 Å². The summed E-state index contributed by atoms with van der Waals surface area (Å²) < 4.78 is 133. The minimum Gasteiger partial charge on any atom is -0.280 e. The van der Waals surface area contributed by atoms with E-state index in [9.17, 15) is 43.2 Å². The average Bonchev–Trinajstić information content (AvgIpc) is 2.75. The van der Waals surface area contributed by atoms with Gasteiger partial charge in [-0.05, 0) is 67.1 Å². The lowest BCUT2D eigenvalue weighted by Gasteiger charge is -2.15. The Morgan fingerprint density at radius 3 is 1.69 bits per heavy atom. The van der Waals surface area contributed by atoms with Gasteiger partial charge in [0, 0.05) is 10.7 Å². The lowest BCUT2D eigenvalue weighted by Crippen LogP contribution is -2.18. The van der Waals surface area contributed by atoms with Gasteiger partial charge in [-0.15, -0.1) is 0 Å². The summed E-state index contributed by atoms with van der Waals surface area (Å²) in [7, 11) is -9.06. The molecule has 0 aliphatic carbocycles. The zero-order valence-corrected chi connectivity index (χ0v) is 20.3. The monoisotopic (exact) mass is 572 g/mol. The van der Waals surface area contributed by atoms with Crippen LogP contribution in [0.5, 0.6) is 0 Å². The van der Waals surface area contributed by atoms with Crippen LogP contribution in [0.3, 0.4) is 0 Å². The van der Waals surface area contributed by atoms with Crippen LogP contribution in [0.25, 0.3) is 0 Å². The van der Waals surface area contributed by atoms with Crippen LogP contribution < -0.4 is 9.44 Å². The highest BCUT2D eigenvalue weighted by Gasteiger charge is 2.38. The Kier molecular flexibility index (Phi) is 7.27. The predicted octanol–water partition coefficient (Wildman–Crippen LogP) is 6.29. The smallest absolute Gasteiger partial charge is 0.280 e. The third-order valence-corrected chi connectivity index (χ3v) is 7.95. The summed E-state index contributed by atoms with van der Waals surface area (Å²) in [4.78, 5) is -1.58. The molecule has 3 aromatic carbocycles. The van der Waals surface area contributed by atoms with E-state index in [-0.39, 0.29) is 34.5 Å². The number of benzene rings is 3. The molecule has 0 unspecified atom stereocenters. The van der Waals surface area contributed by atoms with Crippen LogP contribution in [0.15, 0.2) is 70.5 Å².